The Morgan fingerprint density at radius 2 is 1.78 bits per heavy atom. The molecule has 2 aliphatic heterocycles. The smallest absolute Gasteiger partial charge is 0.225 e. The highest BCUT2D eigenvalue weighted by Crippen LogP contribution is 2.40. The second-order valence-corrected chi connectivity index (χ2v) is 6.78. The predicted octanol–water partition coefficient (Wildman–Crippen LogP) is 2.07. The van der Waals surface area contributed by atoms with Crippen molar-refractivity contribution in [3.63, 3.8) is 0 Å². The molecule has 1 spiro atoms. The third-order valence-corrected chi connectivity index (χ3v) is 5.04. The van der Waals surface area contributed by atoms with Gasteiger partial charge in [0.15, 0.2) is 5.82 Å². The molecule has 0 amide bonds. The second kappa shape index (κ2) is 5.76. The van der Waals surface area contributed by atoms with Crippen LogP contribution >= 0.6 is 0 Å². The lowest BCUT2D eigenvalue weighted by atomic mass is 9.79. The number of aryl methyl sites for hydroxylation is 1. The Kier molecular flexibility index (Phi) is 3.59. The molecule has 0 radical (unpaired) electrons. The Balaban J connectivity index is 1.50. The van der Waals surface area contributed by atoms with E-state index >= 15 is 0 Å². The van der Waals surface area contributed by atoms with Gasteiger partial charge >= 0.3 is 0 Å². The SMILES string of the molecule is Cc1ccc(N2CC[C@]3(CCCN(c4ncccn4)C3)C2)nn1. The maximum atomic E-state index is 4.42. The summed E-state index contributed by atoms with van der Waals surface area (Å²) in [5.74, 6) is 1.86. The van der Waals surface area contributed by atoms with Crippen LogP contribution in [0.25, 0.3) is 0 Å². The Morgan fingerprint density at radius 3 is 2.57 bits per heavy atom. The van der Waals surface area contributed by atoms with Gasteiger partial charge in [-0.05, 0) is 44.4 Å². The highest BCUT2D eigenvalue weighted by molar-refractivity contribution is 5.41. The lowest BCUT2D eigenvalue weighted by Gasteiger charge is -2.40. The molecule has 1 atom stereocenters. The number of hydrogen-bond donors (Lipinski definition) is 0. The van der Waals surface area contributed by atoms with Crippen molar-refractivity contribution in [3.05, 3.63) is 36.3 Å². The monoisotopic (exact) mass is 310 g/mol. The van der Waals surface area contributed by atoms with E-state index in [9.17, 15) is 0 Å². The van der Waals surface area contributed by atoms with Gasteiger partial charge in [0.05, 0.1) is 5.69 Å². The van der Waals surface area contributed by atoms with Crippen LogP contribution in [0.5, 0.6) is 0 Å². The third-order valence-electron chi connectivity index (χ3n) is 5.04. The van der Waals surface area contributed by atoms with E-state index in [2.05, 4.69) is 36.0 Å². The molecule has 2 aromatic rings. The molecule has 6 heteroatoms. The molecule has 2 aromatic heterocycles. The summed E-state index contributed by atoms with van der Waals surface area (Å²) in [5, 5.41) is 8.55. The average molecular weight is 310 g/mol. The summed E-state index contributed by atoms with van der Waals surface area (Å²) in [6.07, 6.45) is 7.32. The van der Waals surface area contributed by atoms with E-state index in [-0.39, 0.29) is 0 Å². The third kappa shape index (κ3) is 2.85. The van der Waals surface area contributed by atoms with Gasteiger partial charge in [-0.1, -0.05) is 0 Å². The van der Waals surface area contributed by atoms with Crippen LogP contribution < -0.4 is 9.80 Å². The van der Waals surface area contributed by atoms with Crippen LogP contribution in [0.2, 0.25) is 0 Å². The number of hydrogen-bond acceptors (Lipinski definition) is 6. The zero-order chi connectivity index (χ0) is 15.7. The van der Waals surface area contributed by atoms with Gasteiger partial charge in [0, 0.05) is 44.0 Å². The van der Waals surface area contributed by atoms with E-state index in [1.165, 1.54) is 19.3 Å². The fraction of sp³-hybridized carbons (Fsp3) is 0.529. The van der Waals surface area contributed by atoms with Crippen LogP contribution in [0, 0.1) is 12.3 Å². The molecule has 0 bridgehead atoms. The number of anilines is 2. The van der Waals surface area contributed by atoms with Crippen LogP contribution in [0.1, 0.15) is 25.0 Å². The lowest BCUT2D eigenvalue weighted by molar-refractivity contribution is 0.262. The molecule has 2 fully saturated rings. The molecule has 0 N–H and O–H groups in total. The van der Waals surface area contributed by atoms with Gasteiger partial charge in [0.25, 0.3) is 0 Å². The number of nitrogens with zero attached hydrogens (tertiary/aromatic N) is 6. The summed E-state index contributed by atoms with van der Waals surface area (Å²) in [6.45, 7) is 6.17. The minimum Gasteiger partial charge on any atom is -0.354 e. The molecular formula is C17H22N6. The van der Waals surface area contributed by atoms with Crippen molar-refractivity contribution in [2.45, 2.75) is 26.2 Å². The quantitative estimate of drug-likeness (QED) is 0.846. The topological polar surface area (TPSA) is 58.0 Å². The maximum Gasteiger partial charge on any atom is 0.225 e. The van der Waals surface area contributed by atoms with Crippen LogP contribution in [0.4, 0.5) is 11.8 Å². The van der Waals surface area contributed by atoms with Crippen LogP contribution in [0.3, 0.4) is 0 Å². The second-order valence-electron chi connectivity index (χ2n) is 6.78. The minimum absolute atomic E-state index is 0.323. The van der Waals surface area contributed by atoms with E-state index in [1.54, 1.807) is 0 Å². The first-order valence-corrected chi connectivity index (χ1v) is 8.31. The molecule has 6 nitrogen and oxygen atoms in total. The van der Waals surface area contributed by atoms with Crippen molar-refractivity contribution in [2.75, 3.05) is 36.0 Å². The van der Waals surface area contributed by atoms with E-state index in [1.807, 2.05) is 31.5 Å². The van der Waals surface area contributed by atoms with Crippen molar-refractivity contribution in [3.8, 4) is 0 Å². The number of piperidine rings is 1. The first kappa shape index (κ1) is 14.4. The zero-order valence-electron chi connectivity index (χ0n) is 13.5. The largest absolute Gasteiger partial charge is 0.354 e. The highest BCUT2D eigenvalue weighted by Gasteiger charge is 2.42. The first-order chi connectivity index (χ1) is 11.2. The summed E-state index contributed by atoms with van der Waals surface area (Å²) in [6, 6.07) is 6.00. The fourth-order valence-electron chi connectivity index (χ4n) is 3.86. The standard InChI is InChI=1S/C17H22N6/c1-14-4-5-15(21-20-14)22-11-7-17(12-22)6-2-10-23(13-17)16-18-8-3-9-19-16/h3-5,8-9H,2,6-7,10-13H2,1H3/t17-/m1/s1. The van der Waals surface area contributed by atoms with Gasteiger partial charge < -0.3 is 9.80 Å². The molecule has 23 heavy (non-hydrogen) atoms. The van der Waals surface area contributed by atoms with Gasteiger partial charge in [-0.3, -0.25) is 0 Å². The summed E-state index contributed by atoms with van der Waals surface area (Å²) in [4.78, 5) is 13.6. The van der Waals surface area contributed by atoms with Crippen LogP contribution in [0.15, 0.2) is 30.6 Å². The number of aromatic nitrogens is 4. The van der Waals surface area contributed by atoms with E-state index in [0.29, 0.717) is 5.41 Å². The Hall–Kier alpha value is -2.24. The molecule has 0 saturated carbocycles. The maximum absolute atomic E-state index is 4.42. The highest BCUT2D eigenvalue weighted by atomic mass is 15.3. The van der Waals surface area contributed by atoms with E-state index in [4.69, 9.17) is 0 Å². The molecule has 2 aliphatic rings. The average Bonchev–Trinajstić information content (AvgIpc) is 3.00. The molecule has 0 unspecified atom stereocenters. The van der Waals surface area contributed by atoms with E-state index in [0.717, 1.165) is 43.6 Å². The predicted molar refractivity (Wildman–Crippen MR) is 89.5 cm³/mol. The molecule has 120 valence electrons. The Morgan fingerprint density at radius 1 is 0.957 bits per heavy atom. The van der Waals surface area contributed by atoms with Crippen LogP contribution in [-0.2, 0) is 0 Å². The van der Waals surface area contributed by atoms with Gasteiger partial charge in [-0.25, -0.2) is 9.97 Å². The zero-order valence-corrected chi connectivity index (χ0v) is 13.5. The van der Waals surface area contributed by atoms with Crippen molar-refractivity contribution >= 4 is 11.8 Å². The molecular weight excluding hydrogens is 288 g/mol. The summed E-state index contributed by atoms with van der Waals surface area (Å²) in [7, 11) is 0. The van der Waals surface area contributed by atoms with E-state index < -0.39 is 0 Å². The molecule has 4 rings (SSSR count). The fourth-order valence-corrected chi connectivity index (χ4v) is 3.86. The van der Waals surface area contributed by atoms with Crippen molar-refractivity contribution in [2.24, 2.45) is 5.41 Å². The number of rotatable bonds is 2. The summed E-state index contributed by atoms with van der Waals surface area (Å²) < 4.78 is 0. The minimum atomic E-state index is 0.323. The van der Waals surface area contributed by atoms with Crippen molar-refractivity contribution < 1.29 is 0 Å². The van der Waals surface area contributed by atoms with Gasteiger partial charge in [-0.2, -0.15) is 5.10 Å². The molecule has 2 saturated heterocycles. The molecule has 4 heterocycles. The summed E-state index contributed by atoms with van der Waals surface area (Å²) >= 11 is 0. The van der Waals surface area contributed by atoms with Crippen molar-refractivity contribution in [1.29, 1.82) is 0 Å². The van der Waals surface area contributed by atoms with Gasteiger partial charge in [-0.15, -0.1) is 5.10 Å². The van der Waals surface area contributed by atoms with Crippen LogP contribution in [-0.4, -0.2) is 46.3 Å². The Labute approximate surface area is 136 Å². The van der Waals surface area contributed by atoms with Crippen molar-refractivity contribution in [1.82, 2.24) is 20.2 Å². The Bertz CT molecular complexity index is 659. The lowest BCUT2D eigenvalue weighted by Crippen LogP contribution is -2.45. The van der Waals surface area contributed by atoms with Gasteiger partial charge in [0.1, 0.15) is 0 Å². The van der Waals surface area contributed by atoms with Gasteiger partial charge in [0.2, 0.25) is 5.95 Å². The normalized spacial score (nSPS) is 24.4. The molecule has 0 aliphatic carbocycles. The molecule has 0 aromatic carbocycles. The first-order valence-electron chi connectivity index (χ1n) is 8.31. The summed E-state index contributed by atoms with van der Waals surface area (Å²) in [5.41, 5.74) is 1.29.